The lowest BCUT2D eigenvalue weighted by Gasteiger charge is -2.23. The van der Waals surface area contributed by atoms with Crippen LogP contribution in [0.1, 0.15) is 40.2 Å². The van der Waals surface area contributed by atoms with E-state index in [1.54, 1.807) is 0 Å². The highest BCUT2D eigenvalue weighted by atomic mass is 16.4. The Balaban J connectivity index is 2.21. The molecule has 1 aliphatic carbocycles. The van der Waals surface area contributed by atoms with Crippen LogP contribution in [0.15, 0.2) is 24.3 Å². The summed E-state index contributed by atoms with van der Waals surface area (Å²) in [7, 11) is 0. The molecule has 0 heterocycles. The molecule has 2 N–H and O–H groups in total. The summed E-state index contributed by atoms with van der Waals surface area (Å²) in [6, 6.07) is 7.67. The Bertz CT molecular complexity index is 584. The first-order valence-corrected chi connectivity index (χ1v) is 7.20. The number of aliphatic carboxylic acids is 1. The van der Waals surface area contributed by atoms with Gasteiger partial charge >= 0.3 is 5.97 Å². The molecule has 1 fully saturated rings. The van der Waals surface area contributed by atoms with Crippen LogP contribution in [0.3, 0.4) is 0 Å². The van der Waals surface area contributed by atoms with Gasteiger partial charge in [-0.05, 0) is 22.5 Å². The molecular weight excluding hydrogens is 266 g/mol. The molecule has 1 saturated carbocycles. The van der Waals surface area contributed by atoms with Crippen LogP contribution in [-0.4, -0.2) is 17.0 Å². The Morgan fingerprint density at radius 1 is 1.14 bits per heavy atom. The first-order valence-electron chi connectivity index (χ1n) is 7.20. The standard InChI is InChI=1S/C17H23NO3/c1-16(2,3)10-8-6-7-9-11(10)18-14(19)12-13(15(20)21)17(12,4)5/h6-9,12-13H,1-5H3,(H,18,19)(H,20,21)/t12-,13+/m1/s1. The van der Waals surface area contributed by atoms with Gasteiger partial charge in [0.1, 0.15) is 0 Å². The SMILES string of the molecule is CC(C)(C)c1ccccc1NC(=O)[C@H]1[C@@H](C(=O)O)C1(C)C. The molecule has 1 aromatic carbocycles. The van der Waals surface area contributed by atoms with Crippen molar-refractivity contribution in [2.75, 3.05) is 5.32 Å². The summed E-state index contributed by atoms with van der Waals surface area (Å²) in [5, 5.41) is 12.1. The lowest BCUT2D eigenvalue weighted by Crippen LogP contribution is -2.21. The van der Waals surface area contributed by atoms with Crippen molar-refractivity contribution in [1.29, 1.82) is 0 Å². The van der Waals surface area contributed by atoms with Crippen molar-refractivity contribution in [1.82, 2.24) is 0 Å². The van der Waals surface area contributed by atoms with Crippen LogP contribution in [0.5, 0.6) is 0 Å². The average molecular weight is 289 g/mol. The lowest BCUT2D eigenvalue weighted by molar-refractivity contribution is -0.140. The number of hydrogen-bond acceptors (Lipinski definition) is 2. The molecule has 0 aromatic heterocycles. The van der Waals surface area contributed by atoms with Crippen LogP contribution < -0.4 is 5.32 Å². The predicted molar refractivity (Wildman–Crippen MR) is 82.2 cm³/mol. The second kappa shape index (κ2) is 4.86. The van der Waals surface area contributed by atoms with E-state index in [0.29, 0.717) is 0 Å². The molecule has 2 rings (SSSR count). The van der Waals surface area contributed by atoms with E-state index < -0.39 is 23.2 Å². The van der Waals surface area contributed by atoms with Gasteiger partial charge in [0.15, 0.2) is 0 Å². The predicted octanol–water partition coefficient (Wildman–Crippen LogP) is 3.28. The molecule has 4 nitrogen and oxygen atoms in total. The molecule has 0 radical (unpaired) electrons. The van der Waals surface area contributed by atoms with E-state index in [1.165, 1.54) is 0 Å². The Morgan fingerprint density at radius 3 is 2.19 bits per heavy atom. The van der Waals surface area contributed by atoms with Crippen molar-refractivity contribution in [3.8, 4) is 0 Å². The maximum absolute atomic E-state index is 12.4. The van der Waals surface area contributed by atoms with Gasteiger partial charge in [-0.2, -0.15) is 0 Å². The summed E-state index contributed by atoms with van der Waals surface area (Å²) in [6.45, 7) is 9.90. The largest absolute Gasteiger partial charge is 0.481 e. The van der Waals surface area contributed by atoms with Gasteiger partial charge in [0, 0.05) is 5.69 Å². The van der Waals surface area contributed by atoms with Gasteiger partial charge < -0.3 is 10.4 Å². The van der Waals surface area contributed by atoms with E-state index >= 15 is 0 Å². The van der Waals surface area contributed by atoms with E-state index in [9.17, 15) is 14.7 Å². The molecule has 0 aliphatic heterocycles. The Morgan fingerprint density at radius 2 is 1.71 bits per heavy atom. The van der Waals surface area contributed by atoms with Crippen molar-refractivity contribution in [3.05, 3.63) is 29.8 Å². The van der Waals surface area contributed by atoms with Crippen molar-refractivity contribution in [2.45, 2.75) is 40.0 Å². The molecule has 21 heavy (non-hydrogen) atoms. The summed E-state index contributed by atoms with van der Waals surface area (Å²) in [5.41, 5.74) is 1.24. The van der Waals surface area contributed by atoms with Crippen LogP contribution in [0.4, 0.5) is 5.69 Å². The number of rotatable bonds is 3. The van der Waals surface area contributed by atoms with Crippen LogP contribution in [0.2, 0.25) is 0 Å². The highest BCUT2D eigenvalue weighted by Gasteiger charge is 2.65. The summed E-state index contributed by atoms with van der Waals surface area (Å²) in [4.78, 5) is 23.6. The molecule has 0 saturated heterocycles. The fraction of sp³-hybridized carbons (Fsp3) is 0.529. The minimum Gasteiger partial charge on any atom is -0.481 e. The molecule has 1 aliphatic rings. The number of carboxylic acids is 1. The van der Waals surface area contributed by atoms with Crippen molar-refractivity contribution in [2.24, 2.45) is 17.3 Å². The Labute approximate surface area is 125 Å². The maximum Gasteiger partial charge on any atom is 0.307 e. The minimum absolute atomic E-state index is 0.0882. The number of carboxylic acid groups (broad SMARTS) is 1. The molecule has 1 amide bonds. The minimum atomic E-state index is -0.899. The van der Waals surface area contributed by atoms with Gasteiger partial charge in [-0.1, -0.05) is 52.8 Å². The van der Waals surface area contributed by atoms with Crippen molar-refractivity contribution in [3.63, 3.8) is 0 Å². The van der Waals surface area contributed by atoms with Crippen molar-refractivity contribution < 1.29 is 14.7 Å². The zero-order chi connectivity index (χ0) is 16.0. The fourth-order valence-electron chi connectivity index (χ4n) is 3.04. The van der Waals surface area contributed by atoms with Crippen LogP contribution in [0, 0.1) is 17.3 Å². The second-order valence-corrected chi connectivity index (χ2v) is 7.40. The fourth-order valence-corrected chi connectivity index (χ4v) is 3.04. The molecule has 4 heteroatoms. The number of hydrogen-bond donors (Lipinski definition) is 2. The van der Waals surface area contributed by atoms with Gasteiger partial charge in [-0.15, -0.1) is 0 Å². The number of carbonyl (C=O) groups excluding carboxylic acids is 1. The maximum atomic E-state index is 12.4. The van der Waals surface area contributed by atoms with Gasteiger partial charge in [0.05, 0.1) is 11.8 Å². The van der Waals surface area contributed by atoms with E-state index in [-0.39, 0.29) is 11.3 Å². The summed E-state index contributed by atoms with van der Waals surface area (Å²) in [6.07, 6.45) is 0. The van der Waals surface area contributed by atoms with Crippen LogP contribution in [0.25, 0.3) is 0 Å². The number of anilines is 1. The van der Waals surface area contributed by atoms with E-state index in [0.717, 1.165) is 11.3 Å². The van der Waals surface area contributed by atoms with E-state index in [4.69, 9.17) is 0 Å². The lowest BCUT2D eigenvalue weighted by atomic mass is 9.86. The molecule has 0 unspecified atom stereocenters. The average Bonchev–Trinajstić information content (AvgIpc) is 2.92. The third kappa shape index (κ3) is 2.80. The smallest absolute Gasteiger partial charge is 0.307 e. The van der Waals surface area contributed by atoms with Crippen LogP contribution >= 0.6 is 0 Å². The van der Waals surface area contributed by atoms with E-state index in [1.807, 2.05) is 38.1 Å². The highest BCUT2D eigenvalue weighted by molar-refractivity contribution is 6.00. The van der Waals surface area contributed by atoms with Gasteiger partial charge in [0.25, 0.3) is 0 Å². The number of amides is 1. The van der Waals surface area contributed by atoms with Crippen molar-refractivity contribution >= 4 is 17.6 Å². The third-order valence-electron chi connectivity index (χ3n) is 4.37. The van der Waals surface area contributed by atoms with Gasteiger partial charge in [0.2, 0.25) is 5.91 Å². The Kier molecular flexibility index (Phi) is 3.60. The molecule has 1 aromatic rings. The normalized spacial score (nSPS) is 23.5. The first kappa shape index (κ1) is 15.5. The third-order valence-corrected chi connectivity index (χ3v) is 4.37. The van der Waals surface area contributed by atoms with Gasteiger partial charge in [-0.25, -0.2) is 0 Å². The highest BCUT2D eigenvalue weighted by Crippen LogP contribution is 2.58. The second-order valence-electron chi connectivity index (χ2n) is 7.40. The van der Waals surface area contributed by atoms with Gasteiger partial charge in [-0.3, -0.25) is 9.59 Å². The monoisotopic (exact) mass is 289 g/mol. The number of nitrogens with one attached hydrogen (secondary N) is 1. The zero-order valence-corrected chi connectivity index (χ0v) is 13.2. The van der Waals surface area contributed by atoms with Crippen LogP contribution in [-0.2, 0) is 15.0 Å². The summed E-state index contributed by atoms with van der Waals surface area (Å²) in [5.74, 6) is -2.17. The number of para-hydroxylation sites is 1. The molecular formula is C17H23NO3. The zero-order valence-electron chi connectivity index (χ0n) is 13.2. The summed E-state index contributed by atoms with van der Waals surface area (Å²) >= 11 is 0. The molecule has 0 bridgehead atoms. The molecule has 0 spiro atoms. The molecule has 114 valence electrons. The first-order chi connectivity index (χ1) is 9.56. The topological polar surface area (TPSA) is 66.4 Å². The number of carbonyl (C=O) groups is 2. The van der Waals surface area contributed by atoms with E-state index in [2.05, 4.69) is 26.1 Å². The quantitative estimate of drug-likeness (QED) is 0.897. The number of benzene rings is 1. The summed E-state index contributed by atoms with van der Waals surface area (Å²) < 4.78 is 0. The molecule has 2 atom stereocenters. The Hall–Kier alpha value is -1.84.